The van der Waals surface area contributed by atoms with Crippen molar-refractivity contribution in [3.05, 3.63) is 59.4 Å². The lowest BCUT2D eigenvalue weighted by atomic mass is 9.96. The summed E-state index contributed by atoms with van der Waals surface area (Å²) in [4.78, 5) is 12.3. The van der Waals surface area contributed by atoms with E-state index in [1.165, 1.54) is 12.1 Å². The minimum absolute atomic E-state index is 0.0980. The Kier molecular flexibility index (Phi) is 3.60. The number of amides is 1. The highest BCUT2D eigenvalue weighted by Gasteiger charge is 2.26. The Hall–Kier alpha value is -2.36. The fourth-order valence-corrected chi connectivity index (χ4v) is 2.50. The van der Waals surface area contributed by atoms with Crippen molar-refractivity contribution in [3.63, 3.8) is 0 Å². The standard InChI is InChI=1S/C17H16FNO2/c1-11-8-14(18)6-7-15(11)19-17(20)13-9-12-4-2-3-5-16(12)21-10-13/h2-8,13H,9-10H2,1H3,(H,19,20)/t13-/m0/s1. The van der Waals surface area contributed by atoms with Crippen molar-refractivity contribution in [3.8, 4) is 5.75 Å². The van der Waals surface area contributed by atoms with Crippen molar-refractivity contribution < 1.29 is 13.9 Å². The van der Waals surface area contributed by atoms with E-state index in [4.69, 9.17) is 4.74 Å². The van der Waals surface area contributed by atoms with Crippen molar-refractivity contribution in [2.24, 2.45) is 5.92 Å². The maximum atomic E-state index is 13.1. The predicted molar refractivity (Wildman–Crippen MR) is 78.9 cm³/mol. The normalized spacial score (nSPS) is 16.8. The second-order valence-electron chi connectivity index (χ2n) is 5.27. The van der Waals surface area contributed by atoms with Gasteiger partial charge in [0.15, 0.2) is 0 Å². The van der Waals surface area contributed by atoms with Gasteiger partial charge >= 0.3 is 0 Å². The van der Waals surface area contributed by atoms with E-state index in [1.54, 1.807) is 13.0 Å². The summed E-state index contributed by atoms with van der Waals surface area (Å²) < 4.78 is 18.7. The highest BCUT2D eigenvalue weighted by Crippen LogP contribution is 2.27. The minimum atomic E-state index is -0.305. The van der Waals surface area contributed by atoms with Gasteiger partial charge in [0, 0.05) is 5.69 Å². The van der Waals surface area contributed by atoms with Crippen LogP contribution in [0, 0.1) is 18.7 Å². The van der Waals surface area contributed by atoms with Crippen LogP contribution in [0.15, 0.2) is 42.5 Å². The molecular formula is C17H16FNO2. The van der Waals surface area contributed by atoms with Gasteiger partial charge in [-0.05, 0) is 48.7 Å². The summed E-state index contributed by atoms with van der Waals surface area (Å²) >= 11 is 0. The molecule has 108 valence electrons. The lowest BCUT2D eigenvalue weighted by Crippen LogP contribution is -2.32. The third-order valence-electron chi connectivity index (χ3n) is 3.70. The Balaban J connectivity index is 1.72. The molecule has 3 rings (SSSR count). The number of carbonyl (C=O) groups excluding carboxylic acids is 1. The predicted octanol–water partition coefficient (Wildman–Crippen LogP) is 3.32. The Morgan fingerprint density at radius 3 is 2.90 bits per heavy atom. The molecule has 1 heterocycles. The fraction of sp³-hybridized carbons (Fsp3) is 0.235. The van der Waals surface area contributed by atoms with Gasteiger partial charge in [0.05, 0.1) is 5.92 Å². The quantitative estimate of drug-likeness (QED) is 0.919. The van der Waals surface area contributed by atoms with E-state index in [2.05, 4.69) is 5.32 Å². The number of rotatable bonds is 2. The Morgan fingerprint density at radius 2 is 2.10 bits per heavy atom. The fourth-order valence-electron chi connectivity index (χ4n) is 2.50. The molecule has 1 atom stereocenters. The van der Waals surface area contributed by atoms with Crippen LogP contribution in [0.25, 0.3) is 0 Å². The van der Waals surface area contributed by atoms with Crippen LogP contribution in [0.4, 0.5) is 10.1 Å². The molecule has 0 aromatic heterocycles. The molecule has 0 fully saturated rings. The van der Waals surface area contributed by atoms with Gasteiger partial charge in [-0.2, -0.15) is 0 Å². The summed E-state index contributed by atoms with van der Waals surface area (Å²) in [7, 11) is 0. The van der Waals surface area contributed by atoms with E-state index in [0.29, 0.717) is 24.3 Å². The summed E-state index contributed by atoms with van der Waals surface area (Å²) in [6.45, 7) is 2.13. The number of ether oxygens (including phenoxy) is 1. The molecule has 0 bridgehead atoms. The first-order valence-electron chi connectivity index (χ1n) is 6.91. The summed E-state index contributed by atoms with van der Waals surface area (Å²) in [5.74, 6) is 0.212. The number of aryl methyl sites for hydroxylation is 1. The van der Waals surface area contributed by atoms with Crippen LogP contribution >= 0.6 is 0 Å². The largest absolute Gasteiger partial charge is 0.492 e. The van der Waals surface area contributed by atoms with E-state index < -0.39 is 0 Å². The molecule has 0 aliphatic carbocycles. The Bertz CT molecular complexity index is 684. The number of nitrogens with one attached hydrogen (secondary N) is 1. The molecule has 0 radical (unpaired) electrons. The molecule has 3 nitrogen and oxygen atoms in total. The second-order valence-corrected chi connectivity index (χ2v) is 5.27. The van der Waals surface area contributed by atoms with Crippen molar-refractivity contribution in [2.45, 2.75) is 13.3 Å². The number of para-hydroxylation sites is 1. The van der Waals surface area contributed by atoms with Crippen LogP contribution in [-0.2, 0) is 11.2 Å². The summed E-state index contributed by atoms with van der Waals surface area (Å²) in [5.41, 5.74) is 2.39. The molecule has 0 spiro atoms. The third kappa shape index (κ3) is 2.89. The Labute approximate surface area is 122 Å². The zero-order chi connectivity index (χ0) is 14.8. The first-order chi connectivity index (χ1) is 10.1. The molecule has 0 unspecified atom stereocenters. The van der Waals surface area contributed by atoms with E-state index in [0.717, 1.165) is 11.3 Å². The van der Waals surface area contributed by atoms with Crippen molar-refractivity contribution in [1.82, 2.24) is 0 Å². The molecule has 1 amide bonds. The monoisotopic (exact) mass is 285 g/mol. The molecule has 4 heteroatoms. The maximum Gasteiger partial charge on any atom is 0.231 e. The second kappa shape index (κ2) is 5.56. The minimum Gasteiger partial charge on any atom is -0.492 e. The number of fused-ring (bicyclic) bond motifs is 1. The number of benzene rings is 2. The van der Waals surface area contributed by atoms with E-state index in [1.807, 2.05) is 24.3 Å². The highest BCUT2D eigenvalue weighted by molar-refractivity contribution is 5.93. The molecule has 0 saturated heterocycles. The van der Waals surface area contributed by atoms with E-state index >= 15 is 0 Å². The topological polar surface area (TPSA) is 38.3 Å². The van der Waals surface area contributed by atoms with Crippen LogP contribution in [0.3, 0.4) is 0 Å². The first kappa shape index (κ1) is 13.6. The maximum absolute atomic E-state index is 13.1. The molecular weight excluding hydrogens is 269 g/mol. The van der Waals surface area contributed by atoms with Gasteiger partial charge in [0.1, 0.15) is 18.2 Å². The molecule has 1 N–H and O–H groups in total. The smallest absolute Gasteiger partial charge is 0.231 e. The van der Waals surface area contributed by atoms with Gasteiger partial charge < -0.3 is 10.1 Å². The molecule has 1 aliphatic rings. The summed E-state index contributed by atoms with van der Waals surface area (Å²) in [6, 6.07) is 12.1. The number of anilines is 1. The molecule has 1 aliphatic heterocycles. The third-order valence-corrected chi connectivity index (χ3v) is 3.70. The van der Waals surface area contributed by atoms with Crippen molar-refractivity contribution in [1.29, 1.82) is 0 Å². The molecule has 2 aromatic rings. The van der Waals surface area contributed by atoms with Crippen LogP contribution < -0.4 is 10.1 Å². The zero-order valence-electron chi connectivity index (χ0n) is 11.7. The van der Waals surface area contributed by atoms with Crippen molar-refractivity contribution in [2.75, 3.05) is 11.9 Å². The number of hydrogen-bond acceptors (Lipinski definition) is 2. The van der Waals surface area contributed by atoms with Crippen LogP contribution in [0.5, 0.6) is 5.75 Å². The number of halogens is 1. The molecule has 21 heavy (non-hydrogen) atoms. The van der Waals surface area contributed by atoms with Gasteiger partial charge in [0.25, 0.3) is 0 Å². The van der Waals surface area contributed by atoms with Crippen LogP contribution in [0.1, 0.15) is 11.1 Å². The lowest BCUT2D eigenvalue weighted by molar-refractivity contribution is -0.121. The average molecular weight is 285 g/mol. The number of hydrogen-bond donors (Lipinski definition) is 1. The molecule has 0 saturated carbocycles. The highest BCUT2D eigenvalue weighted by atomic mass is 19.1. The average Bonchev–Trinajstić information content (AvgIpc) is 2.49. The van der Waals surface area contributed by atoms with E-state index in [-0.39, 0.29) is 17.6 Å². The number of carbonyl (C=O) groups is 1. The molecule has 2 aromatic carbocycles. The van der Waals surface area contributed by atoms with Gasteiger partial charge in [-0.3, -0.25) is 4.79 Å². The lowest BCUT2D eigenvalue weighted by Gasteiger charge is -2.24. The van der Waals surface area contributed by atoms with Gasteiger partial charge in [-0.1, -0.05) is 18.2 Å². The van der Waals surface area contributed by atoms with Crippen LogP contribution in [-0.4, -0.2) is 12.5 Å². The Morgan fingerprint density at radius 1 is 1.29 bits per heavy atom. The van der Waals surface area contributed by atoms with Gasteiger partial charge in [-0.15, -0.1) is 0 Å². The van der Waals surface area contributed by atoms with Crippen LogP contribution in [0.2, 0.25) is 0 Å². The van der Waals surface area contributed by atoms with Gasteiger partial charge in [-0.25, -0.2) is 4.39 Å². The summed E-state index contributed by atoms with van der Waals surface area (Å²) in [5, 5.41) is 2.85. The first-order valence-corrected chi connectivity index (χ1v) is 6.91. The van der Waals surface area contributed by atoms with Gasteiger partial charge in [0.2, 0.25) is 5.91 Å². The summed E-state index contributed by atoms with van der Waals surface area (Å²) in [6.07, 6.45) is 0.655. The van der Waals surface area contributed by atoms with Crippen molar-refractivity contribution >= 4 is 11.6 Å². The van der Waals surface area contributed by atoms with E-state index in [9.17, 15) is 9.18 Å². The SMILES string of the molecule is Cc1cc(F)ccc1NC(=O)[C@@H]1COc2ccccc2C1. The zero-order valence-corrected chi connectivity index (χ0v) is 11.7.